The van der Waals surface area contributed by atoms with Crippen LogP contribution in [0.5, 0.6) is 0 Å². The zero-order valence-electron chi connectivity index (χ0n) is 9.75. The van der Waals surface area contributed by atoms with Crippen LogP contribution in [0.2, 0.25) is 0 Å². The highest BCUT2D eigenvalue weighted by Crippen LogP contribution is 2.23. The van der Waals surface area contributed by atoms with Crippen LogP contribution in [-0.2, 0) is 11.2 Å². The van der Waals surface area contributed by atoms with Crippen molar-refractivity contribution in [3.05, 3.63) is 29.3 Å². The molecule has 0 spiro atoms. The Balaban J connectivity index is 2.12. The van der Waals surface area contributed by atoms with Crippen LogP contribution >= 0.6 is 0 Å². The second-order valence-electron chi connectivity index (χ2n) is 4.17. The lowest BCUT2D eigenvalue weighted by atomic mass is 10.1. The number of hydrogen-bond donors (Lipinski definition) is 1. The first-order valence-electron chi connectivity index (χ1n) is 5.78. The summed E-state index contributed by atoms with van der Waals surface area (Å²) in [4.78, 5) is 11.8. The summed E-state index contributed by atoms with van der Waals surface area (Å²) < 4.78 is 5.28. The summed E-state index contributed by atoms with van der Waals surface area (Å²) in [5.74, 6) is -0.231. The summed E-state index contributed by atoms with van der Waals surface area (Å²) in [7, 11) is 0. The molecule has 16 heavy (non-hydrogen) atoms. The van der Waals surface area contributed by atoms with Gasteiger partial charge in [-0.05, 0) is 37.5 Å². The molecule has 86 valence electrons. The molecule has 0 aliphatic carbocycles. The molecular formula is C13H17NO2. The van der Waals surface area contributed by atoms with Crippen LogP contribution in [0.3, 0.4) is 0 Å². The molecule has 1 aliphatic heterocycles. The van der Waals surface area contributed by atoms with E-state index in [0.717, 1.165) is 25.1 Å². The predicted molar refractivity (Wildman–Crippen MR) is 63.8 cm³/mol. The normalized spacial score (nSPS) is 15.1. The van der Waals surface area contributed by atoms with E-state index in [9.17, 15) is 4.79 Å². The molecule has 3 heteroatoms. The maximum Gasteiger partial charge on any atom is 0.338 e. The van der Waals surface area contributed by atoms with Gasteiger partial charge in [-0.1, -0.05) is 13.0 Å². The van der Waals surface area contributed by atoms with E-state index in [1.54, 1.807) is 0 Å². The van der Waals surface area contributed by atoms with E-state index in [2.05, 4.69) is 5.32 Å². The lowest BCUT2D eigenvalue weighted by molar-refractivity contribution is 0.0334. The number of rotatable bonds is 3. The number of hydrogen-bond acceptors (Lipinski definition) is 3. The van der Waals surface area contributed by atoms with Gasteiger partial charge in [0.15, 0.2) is 0 Å². The van der Waals surface area contributed by atoms with Crippen molar-refractivity contribution in [2.75, 3.05) is 11.9 Å². The monoisotopic (exact) mass is 219 g/mol. The summed E-state index contributed by atoms with van der Waals surface area (Å²) in [5, 5.41) is 3.25. The fraction of sp³-hybridized carbons (Fsp3) is 0.462. The van der Waals surface area contributed by atoms with E-state index in [1.807, 2.05) is 32.0 Å². The van der Waals surface area contributed by atoms with Gasteiger partial charge in [0.25, 0.3) is 0 Å². The van der Waals surface area contributed by atoms with Gasteiger partial charge in [0.05, 0.1) is 11.7 Å². The third-order valence-corrected chi connectivity index (χ3v) is 2.94. The van der Waals surface area contributed by atoms with Crippen molar-refractivity contribution >= 4 is 11.7 Å². The third kappa shape index (κ3) is 2.18. The molecule has 1 aromatic carbocycles. The minimum Gasteiger partial charge on any atom is -0.459 e. The summed E-state index contributed by atoms with van der Waals surface area (Å²) in [6.45, 7) is 4.87. The number of ether oxygens (including phenoxy) is 1. The zero-order chi connectivity index (χ0) is 11.5. The molecule has 0 fully saturated rings. The fourth-order valence-corrected chi connectivity index (χ4v) is 1.75. The average Bonchev–Trinajstić information content (AvgIpc) is 2.75. The molecule has 3 nitrogen and oxygen atoms in total. The topological polar surface area (TPSA) is 38.3 Å². The summed E-state index contributed by atoms with van der Waals surface area (Å²) in [6, 6.07) is 5.73. The van der Waals surface area contributed by atoms with E-state index in [-0.39, 0.29) is 12.1 Å². The van der Waals surface area contributed by atoms with Crippen LogP contribution < -0.4 is 5.32 Å². The highest BCUT2D eigenvalue weighted by Gasteiger charge is 2.15. The van der Waals surface area contributed by atoms with E-state index in [0.29, 0.717) is 5.56 Å². The smallest absolute Gasteiger partial charge is 0.338 e. The maximum atomic E-state index is 11.8. The molecule has 0 saturated carbocycles. The maximum absolute atomic E-state index is 11.8. The quantitative estimate of drug-likeness (QED) is 0.794. The molecular weight excluding hydrogens is 202 g/mol. The number of benzene rings is 1. The molecule has 1 aliphatic rings. The summed E-state index contributed by atoms with van der Waals surface area (Å²) in [6.07, 6.45) is 1.86. The fourth-order valence-electron chi connectivity index (χ4n) is 1.75. The Labute approximate surface area is 95.8 Å². The van der Waals surface area contributed by atoms with Crippen molar-refractivity contribution in [3.8, 4) is 0 Å². The van der Waals surface area contributed by atoms with Gasteiger partial charge in [-0.25, -0.2) is 4.79 Å². The predicted octanol–water partition coefficient (Wildman–Crippen LogP) is 2.61. The molecule has 1 atom stereocenters. The van der Waals surface area contributed by atoms with Gasteiger partial charge in [0.2, 0.25) is 0 Å². The summed E-state index contributed by atoms with van der Waals surface area (Å²) >= 11 is 0. The lowest BCUT2D eigenvalue weighted by Crippen LogP contribution is -2.14. The molecule has 1 aromatic rings. The Bertz CT molecular complexity index is 401. The van der Waals surface area contributed by atoms with Crippen molar-refractivity contribution in [2.24, 2.45) is 0 Å². The average molecular weight is 219 g/mol. The number of esters is 1. The number of anilines is 1. The van der Waals surface area contributed by atoms with Crippen LogP contribution in [0.4, 0.5) is 5.69 Å². The molecule has 1 unspecified atom stereocenters. The Morgan fingerprint density at radius 1 is 1.56 bits per heavy atom. The third-order valence-electron chi connectivity index (χ3n) is 2.94. The molecule has 1 N–H and O–H groups in total. The highest BCUT2D eigenvalue weighted by atomic mass is 16.5. The molecule has 0 aromatic heterocycles. The SMILES string of the molecule is CCC(C)OC(=O)c1ccc2c(c1)NCC2. The van der Waals surface area contributed by atoms with Crippen molar-refractivity contribution < 1.29 is 9.53 Å². The van der Waals surface area contributed by atoms with Gasteiger partial charge in [0.1, 0.15) is 0 Å². The Morgan fingerprint density at radius 3 is 3.12 bits per heavy atom. The van der Waals surface area contributed by atoms with Gasteiger partial charge in [-0.2, -0.15) is 0 Å². The van der Waals surface area contributed by atoms with Crippen molar-refractivity contribution in [1.29, 1.82) is 0 Å². The van der Waals surface area contributed by atoms with Gasteiger partial charge in [0, 0.05) is 12.2 Å². The first-order chi connectivity index (χ1) is 7.70. The van der Waals surface area contributed by atoms with E-state index in [4.69, 9.17) is 4.74 Å². The second-order valence-corrected chi connectivity index (χ2v) is 4.17. The standard InChI is InChI=1S/C13H17NO2/c1-3-9(2)16-13(15)11-5-4-10-6-7-14-12(10)8-11/h4-5,8-9,14H,3,6-7H2,1-2H3. The lowest BCUT2D eigenvalue weighted by Gasteiger charge is -2.11. The van der Waals surface area contributed by atoms with Gasteiger partial charge in [-0.3, -0.25) is 0 Å². The molecule has 1 heterocycles. The highest BCUT2D eigenvalue weighted by molar-refractivity contribution is 5.91. The van der Waals surface area contributed by atoms with Crippen LogP contribution in [-0.4, -0.2) is 18.6 Å². The van der Waals surface area contributed by atoms with Crippen LogP contribution in [0.1, 0.15) is 36.2 Å². The van der Waals surface area contributed by atoms with Crippen molar-refractivity contribution in [1.82, 2.24) is 0 Å². The molecule has 0 radical (unpaired) electrons. The molecule has 2 rings (SSSR count). The van der Waals surface area contributed by atoms with Crippen LogP contribution in [0.25, 0.3) is 0 Å². The Kier molecular flexibility index (Phi) is 3.13. The second kappa shape index (κ2) is 4.56. The first kappa shape index (κ1) is 11.0. The molecule has 0 bridgehead atoms. The zero-order valence-corrected chi connectivity index (χ0v) is 9.75. The first-order valence-corrected chi connectivity index (χ1v) is 5.78. The Hall–Kier alpha value is -1.51. The largest absolute Gasteiger partial charge is 0.459 e. The number of carbonyl (C=O) groups excluding carboxylic acids is 1. The molecule has 0 amide bonds. The summed E-state index contributed by atoms with van der Waals surface area (Å²) in [5.41, 5.74) is 2.98. The van der Waals surface area contributed by atoms with E-state index >= 15 is 0 Å². The van der Waals surface area contributed by atoms with Gasteiger partial charge >= 0.3 is 5.97 Å². The number of fused-ring (bicyclic) bond motifs is 1. The van der Waals surface area contributed by atoms with E-state index < -0.39 is 0 Å². The minimum absolute atomic E-state index is 0.0197. The van der Waals surface area contributed by atoms with Crippen molar-refractivity contribution in [3.63, 3.8) is 0 Å². The van der Waals surface area contributed by atoms with Crippen molar-refractivity contribution in [2.45, 2.75) is 32.8 Å². The van der Waals surface area contributed by atoms with Crippen LogP contribution in [0, 0.1) is 0 Å². The number of nitrogens with one attached hydrogen (secondary N) is 1. The molecule has 0 saturated heterocycles. The van der Waals surface area contributed by atoms with E-state index in [1.165, 1.54) is 5.56 Å². The van der Waals surface area contributed by atoms with Gasteiger partial charge in [-0.15, -0.1) is 0 Å². The van der Waals surface area contributed by atoms with Gasteiger partial charge < -0.3 is 10.1 Å². The minimum atomic E-state index is -0.231. The number of carbonyl (C=O) groups is 1. The van der Waals surface area contributed by atoms with Crippen LogP contribution in [0.15, 0.2) is 18.2 Å². The Morgan fingerprint density at radius 2 is 2.38 bits per heavy atom.